The normalized spacial score (nSPS) is 12.9. The van der Waals surface area contributed by atoms with Gasteiger partial charge in [-0.1, -0.05) is 64.0 Å². The van der Waals surface area contributed by atoms with Gasteiger partial charge in [-0.25, -0.2) is 0 Å². The first-order valence-corrected chi connectivity index (χ1v) is 9.16. The molecule has 1 heterocycles. The molecular formula is C21H30N2O2. The minimum absolute atomic E-state index is 0.0579. The summed E-state index contributed by atoms with van der Waals surface area (Å²) in [5, 5.41) is 4.02. The number of carbonyl (C=O) groups excluding carboxylic acids is 1. The second-order valence-corrected chi connectivity index (χ2v) is 7.66. The molecule has 1 atom stereocenters. The van der Waals surface area contributed by atoms with Gasteiger partial charge in [0.25, 0.3) is 5.91 Å². The minimum atomic E-state index is -0.0579. The third kappa shape index (κ3) is 4.50. The monoisotopic (exact) mass is 342 g/mol. The summed E-state index contributed by atoms with van der Waals surface area (Å²) in [4.78, 5) is 14.6. The number of aromatic nitrogens is 1. The van der Waals surface area contributed by atoms with Gasteiger partial charge < -0.3 is 9.42 Å². The van der Waals surface area contributed by atoms with Gasteiger partial charge in [-0.15, -0.1) is 0 Å². The van der Waals surface area contributed by atoms with Crippen molar-refractivity contribution in [3.63, 3.8) is 0 Å². The van der Waals surface area contributed by atoms with Crippen LogP contribution in [0.25, 0.3) is 11.3 Å². The number of carbonyl (C=O) groups is 1. The fourth-order valence-corrected chi connectivity index (χ4v) is 2.78. The van der Waals surface area contributed by atoms with Crippen molar-refractivity contribution in [3.05, 3.63) is 41.6 Å². The molecule has 25 heavy (non-hydrogen) atoms. The van der Waals surface area contributed by atoms with Crippen LogP contribution in [0.15, 0.2) is 34.9 Å². The zero-order valence-electron chi connectivity index (χ0n) is 16.3. The largest absolute Gasteiger partial charge is 0.355 e. The number of rotatable bonds is 6. The molecule has 136 valence electrons. The molecule has 1 aromatic carbocycles. The van der Waals surface area contributed by atoms with E-state index in [4.69, 9.17) is 4.52 Å². The third-order valence-corrected chi connectivity index (χ3v) is 4.61. The molecule has 4 heteroatoms. The van der Waals surface area contributed by atoms with Crippen molar-refractivity contribution >= 4 is 5.91 Å². The lowest BCUT2D eigenvalue weighted by atomic mass is 9.86. The third-order valence-electron chi connectivity index (χ3n) is 4.61. The summed E-state index contributed by atoms with van der Waals surface area (Å²) in [7, 11) is 0. The maximum absolute atomic E-state index is 12.8. The van der Waals surface area contributed by atoms with Crippen molar-refractivity contribution in [2.75, 3.05) is 6.54 Å². The van der Waals surface area contributed by atoms with Gasteiger partial charge in [0.05, 0.1) is 0 Å². The highest BCUT2D eigenvalue weighted by Crippen LogP contribution is 2.27. The van der Waals surface area contributed by atoms with Crippen molar-refractivity contribution in [1.29, 1.82) is 0 Å². The molecule has 0 N–H and O–H groups in total. The average Bonchev–Trinajstić information content (AvgIpc) is 3.08. The van der Waals surface area contributed by atoms with Crippen molar-refractivity contribution < 1.29 is 9.32 Å². The van der Waals surface area contributed by atoms with Gasteiger partial charge in [-0.3, -0.25) is 4.79 Å². The van der Waals surface area contributed by atoms with Crippen LogP contribution in [-0.4, -0.2) is 28.6 Å². The molecule has 1 amide bonds. The molecule has 0 saturated carbocycles. The fourth-order valence-electron chi connectivity index (χ4n) is 2.78. The van der Waals surface area contributed by atoms with E-state index in [0.29, 0.717) is 11.5 Å². The molecule has 0 unspecified atom stereocenters. The zero-order chi connectivity index (χ0) is 18.6. The number of benzene rings is 1. The van der Waals surface area contributed by atoms with Gasteiger partial charge in [-0.05, 0) is 30.7 Å². The smallest absolute Gasteiger partial charge is 0.276 e. The Morgan fingerprint density at radius 3 is 2.36 bits per heavy atom. The second-order valence-electron chi connectivity index (χ2n) is 7.66. The van der Waals surface area contributed by atoms with E-state index >= 15 is 0 Å². The van der Waals surface area contributed by atoms with Gasteiger partial charge in [0, 0.05) is 24.2 Å². The first kappa shape index (κ1) is 19.2. The molecule has 0 bridgehead atoms. The highest BCUT2D eigenvalue weighted by Gasteiger charge is 2.23. The van der Waals surface area contributed by atoms with Crippen LogP contribution in [0, 0.1) is 0 Å². The summed E-state index contributed by atoms with van der Waals surface area (Å²) >= 11 is 0. The Balaban J connectivity index is 2.22. The van der Waals surface area contributed by atoms with E-state index in [0.717, 1.165) is 24.9 Å². The molecule has 0 aliphatic heterocycles. The fraction of sp³-hybridized carbons (Fsp3) is 0.524. The molecule has 0 aliphatic rings. The predicted octanol–water partition coefficient (Wildman–Crippen LogP) is 5.29. The van der Waals surface area contributed by atoms with Crippen molar-refractivity contribution in [3.8, 4) is 11.3 Å². The number of hydrogen-bond acceptors (Lipinski definition) is 3. The maximum atomic E-state index is 12.8. The van der Waals surface area contributed by atoms with Gasteiger partial charge in [-0.2, -0.15) is 0 Å². The zero-order valence-corrected chi connectivity index (χ0v) is 16.3. The second kappa shape index (κ2) is 7.85. The molecule has 0 aliphatic carbocycles. The number of hydrogen-bond donors (Lipinski definition) is 0. The van der Waals surface area contributed by atoms with Crippen molar-refractivity contribution in [2.24, 2.45) is 0 Å². The Labute approximate surface area is 151 Å². The highest BCUT2D eigenvalue weighted by molar-refractivity contribution is 5.93. The average molecular weight is 342 g/mol. The van der Waals surface area contributed by atoms with Gasteiger partial charge in [0.15, 0.2) is 11.5 Å². The minimum Gasteiger partial charge on any atom is -0.355 e. The van der Waals surface area contributed by atoms with Crippen LogP contribution in [0.2, 0.25) is 0 Å². The molecular weight excluding hydrogens is 312 g/mol. The van der Waals surface area contributed by atoms with Gasteiger partial charge in [0.2, 0.25) is 0 Å². The maximum Gasteiger partial charge on any atom is 0.276 e. The highest BCUT2D eigenvalue weighted by atomic mass is 16.5. The summed E-state index contributed by atoms with van der Waals surface area (Å²) in [6, 6.07) is 10.2. The Morgan fingerprint density at radius 2 is 1.84 bits per heavy atom. The van der Waals surface area contributed by atoms with Gasteiger partial charge in [0.1, 0.15) is 0 Å². The molecule has 1 aromatic heterocycles. The first-order valence-electron chi connectivity index (χ1n) is 9.16. The van der Waals surface area contributed by atoms with E-state index in [-0.39, 0.29) is 17.4 Å². The molecule has 0 saturated heterocycles. The Bertz CT molecular complexity index is 695. The Morgan fingerprint density at radius 1 is 1.20 bits per heavy atom. The van der Waals surface area contributed by atoms with E-state index in [2.05, 4.69) is 58.8 Å². The van der Waals surface area contributed by atoms with Crippen LogP contribution >= 0.6 is 0 Å². The van der Waals surface area contributed by atoms with Gasteiger partial charge >= 0.3 is 0 Å². The van der Waals surface area contributed by atoms with Crippen LogP contribution in [0.1, 0.15) is 70.4 Å². The summed E-state index contributed by atoms with van der Waals surface area (Å²) in [5.41, 5.74) is 2.68. The van der Waals surface area contributed by atoms with Crippen LogP contribution in [0.4, 0.5) is 0 Å². The lowest BCUT2D eigenvalue weighted by Crippen LogP contribution is -2.39. The van der Waals surface area contributed by atoms with Crippen molar-refractivity contribution in [1.82, 2.24) is 10.1 Å². The Hall–Kier alpha value is -2.10. The summed E-state index contributed by atoms with van der Waals surface area (Å²) < 4.78 is 5.44. The lowest BCUT2D eigenvalue weighted by Gasteiger charge is -2.27. The molecule has 4 nitrogen and oxygen atoms in total. The SMILES string of the molecule is CCCN(C(=O)c1cc(-c2ccc(C(C)(C)C)cc2)on1)[C@H](C)CC. The quantitative estimate of drug-likeness (QED) is 0.716. The van der Waals surface area contributed by atoms with E-state index in [1.54, 1.807) is 6.07 Å². The number of nitrogens with zero attached hydrogens (tertiary/aromatic N) is 2. The van der Waals surface area contributed by atoms with Crippen LogP contribution < -0.4 is 0 Å². The summed E-state index contributed by atoms with van der Waals surface area (Å²) in [5.74, 6) is 0.571. The molecule has 0 spiro atoms. The van der Waals surface area contributed by atoms with Crippen LogP contribution in [0.5, 0.6) is 0 Å². The lowest BCUT2D eigenvalue weighted by molar-refractivity contribution is 0.0677. The summed E-state index contributed by atoms with van der Waals surface area (Å²) in [6.07, 6.45) is 1.85. The van der Waals surface area contributed by atoms with Crippen LogP contribution in [-0.2, 0) is 5.41 Å². The first-order chi connectivity index (χ1) is 11.8. The topological polar surface area (TPSA) is 46.3 Å². The van der Waals surface area contributed by atoms with E-state index in [9.17, 15) is 4.79 Å². The van der Waals surface area contributed by atoms with Crippen LogP contribution in [0.3, 0.4) is 0 Å². The standard InChI is InChI=1S/C21H30N2O2/c1-7-13-23(15(3)8-2)20(24)18-14-19(25-22-18)16-9-11-17(12-10-16)21(4,5)6/h9-12,14-15H,7-8,13H2,1-6H3/t15-/m1/s1. The van der Waals surface area contributed by atoms with E-state index in [1.165, 1.54) is 5.56 Å². The van der Waals surface area contributed by atoms with E-state index in [1.807, 2.05) is 17.0 Å². The molecule has 2 rings (SSSR count). The summed E-state index contributed by atoms with van der Waals surface area (Å²) in [6.45, 7) is 13.5. The predicted molar refractivity (Wildman–Crippen MR) is 102 cm³/mol. The molecule has 0 radical (unpaired) electrons. The molecule has 2 aromatic rings. The van der Waals surface area contributed by atoms with E-state index < -0.39 is 0 Å². The molecule has 0 fully saturated rings. The van der Waals surface area contributed by atoms with Crippen molar-refractivity contribution in [2.45, 2.75) is 65.8 Å². The Kier molecular flexibility index (Phi) is 6.04. The number of amides is 1.